The molecule has 33 heavy (non-hydrogen) atoms. The molecule has 2 aromatic rings. The van der Waals surface area contributed by atoms with Gasteiger partial charge in [0.05, 0.1) is 11.9 Å². The Labute approximate surface area is 197 Å². The fraction of sp³-hybridized carbons (Fsp3) is 0.440. The van der Waals surface area contributed by atoms with Gasteiger partial charge in [0, 0.05) is 26.6 Å². The molecule has 2 amide bonds. The minimum Gasteiger partial charge on any atom is -0.357 e. The fourth-order valence-electron chi connectivity index (χ4n) is 3.77. The van der Waals surface area contributed by atoms with E-state index >= 15 is 0 Å². The summed E-state index contributed by atoms with van der Waals surface area (Å²) in [4.78, 5) is 27.4. The van der Waals surface area contributed by atoms with Gasteiger partial charge in [-0.15, -0.1) is 0 Å². The number of nitrogens with one attached hydrogen (secondary N) is 1. The minimum atomic E-state index is -3.50. The lowest BCUT2D eigenvalue weighted by Crippen LogP contribution is -2.48. The van der Waals surface area contributed by atoms with E-state index in [0.717, 1.165) is 22.9 Å². The van der Waals surface area contributed by atoms with E-state index in [1.807, 2.05) is 57.2 Å². The summed E-state index contributed by atoms with van der Waals surface area (Å²) >= 11 is 0. The Morgan fingerprint density at radius 3 is 2.21 bits per heavy atom. The lowest BCUT2D eigenvalue weighted by Gasteiger charge is -2.31. The number of aryl methyl sites for hydroxylation is 2. The van der Waals surface area contributed by atoms with Gasteiger partial charge in [0.25, 0.3) is 0 Å². The molecule has 0 aromatic heterocycles. The Kier molecular flexibility index (Phi) is 9.46. The lowest BCUT2D eigenvalue weighted by molar-refractivity contribution is -0.141. The number of rotatable bonds is 11. The monoisotopic (exact) mass is 473 g/mol. The molecule has 2 rings (SSSR count). The number of hydrogen-bond acceptors (Lipinski definition) is 4. The number of nitrogens with zero attached hydrogens (tertiary/aromatic N) is 2. The Morgan fingerprint density at radius 2 is 1.67 bits per heavy atom. The number of benzene rings is 2. The average Bonchev–Trinajstić information content (AvgIpc) is 2.77. The van der Waals surface area contributed by atoms with E-state index in [1.54, 1.807) is 24.1 Å². The number of amides is 2. The van der Waals surface area contributed by atoms with Crippen LogP contribution in [0, 0.1) is 13.8 Å². The molecule has 7 nitrogen and oxygen atoms in total. The van der Waals surface area contributed by atoms with Gasteiger partial charge in [-0.05, 0) is 49.9 Å². The second-order valence-electron chi connectivity index (χ2n) is 8.26. The van der Waals surface area contributed by atoms with Crippen molar-refractivity contribution in [3.05, 3.63) is 65.2 Å². The van der Waals surface area contributed by atoms with Crippen molar-refractivity contribution >= 4 is 27.5 Å². The highest BCUT2D eigenvalue weighted by molar-refractivity contribution is 7.92. The van der Waals surface area contributed by atoms with Crippen LogP contribution in [0.25, 0.3) is 0 Å². The molecular formula is C25H35N3O4S. The maximum Gasteiger partial charge on any atom is 0.242 e. The molecule has 1 atom stereocenters. The Hall–Kier alpha value is -2.87. The third-order valence-corrected chi connectivity index (χ3v) is 6.90. The first-order chi connectivity index (χ1) is 15.6. The van der Waals surface area contributed by atoms with Crippen molar-refractivity contribution in [2.75, 3.05) is 24.2 Å². The van der Waals surface area contributed by atoms with Crippen LogP contribution in [0.2, 0.25) is 0 Å². The normalized spacial score (nSPS) is 12.2. The molecule has 0 aliphatic rings. The van der Waals surface area contributed by atoms with Crippen molar-refractivity contribution in [2.45, 2.75) is 52.6 Å². The Balaban J connectivity index is 2.19. The summed E-state index contributed by atoms with van der Waals surface area (Å²) in [5.41, 5.74) is 3.63. The molecule has 1 N–H and O–H groups in total. The first kappa shape index (κ1) is 26.4. The fourth-order valence-corrected chi connectivity index (χ4v) is 4.74. The van der Waals surface area contributed by atoms with Crippen molar-refractivity contribution in [1.82, 2.24) is 10.2 Å². The van der Waals surface area contributed by atoms with Crippen LogP contribution in [0.1, 0.15) is 42.9 Å². The SMILES string of the molecule is CC[C@@H](C(=O)NC)N(Cc1ccccc1C)C(=O)CCCN(c1ccc(C)cc1)S(C)(=O)=O. The number of hydrogen-bond donors (Lipinski definition) is 1. The zero-order chi connectivity index (χ0) is 24.6. The summed E-state index contributed by atoms with van der Waals surface area (Å²) in [6, 6.07) is 14.4. The quantitative estimate of drug-likeness (QED) is 0.542. The predicted molar refractivity (Wildman–Crippen MR) is 132 cm³/mol. The lowest BCUT2D eigenvalue weighted by atomic mass is 10.1. The van der Waals surface area contributed by atoms with Crippen molar-refractivity contribution in [3.8, 4) is 0 Å². The first-order valence-corrected chi connectivity index (χ1v) is 13.0. The zero-order valence-electron chi connectivity index (χ0n) is 20.2. The Bertz CT molecular complexity index is 1050. The van der Waals surface area contributed by atoms with Crippen molar-refractivity contribution in [2.24, 2.45) is 0 Å². The van der Waals surface area contributed by atoms with Crippen LogP contribution in [0.5, 0.6) is 0 Å². The van der Waals surface area contributed by atoms with Gasteiger partial charge in [-0.3, -0.25) is 13.9 Å². The first-order valence-electron chi connectivity index (χ1n) is 11.2. The van der Waals surface area contributed by atoms with E-state index in [4.69, 9.17) is 0 Å². The number of carbonyl (C=O) groups excluding carboxylic acids is 2. The summed E-state index contributed by atoms with van der Waals surface area (Å²) < 4.78 is 26.1. The molecule has 0 saturated carbocycles. The van der Waals surface area contributed by atoms with E-state index in [1.165, 1.54) is 4.31 Å². The zero-order valence-corrected chi connectivity index (χ0v) is 21.0. The average molecular weight is 474 g/mol. The van der Waals surface area contributed by atoms with Gasteiger partial charge in [0.15, 0.2) is 0 Å². The standard InChI is InChI=1S/C25H35N3O4S/c1-6-23(25(30)26-4)27(18-21-11-8-7-10-20(21)3)24(29)12-9-17-28(33(5,31)32)22-15-13-19(2)14-16-22/h7-8,10-11,13-16,23H,6,9,12,17-18H2,1-5H3,(H,26,30)/t23-/m0/s1. The van der Waals surface area contributed by atoms with Gasteiger partial charge >= 0.3 is 0 Å². The largest absolute Gasteiger partial charge is 0.357 e. The minimum absolute atomic E-state index is 0.136. The van der Waals surface area contributed by atoms with Gasteiger partial charge in [0.1, 0.15) is 6.04 Å². The molecule has 0 spiro atoms. The summed E-state index contributed by atoms with van der Waals surface area (Å²) in [6.45, 7) is 6.30. The molecule has 180 valence electrons. The van der Waals surface area contributed by atoms with Crippen LogP contribution >= 0.6 is 0 Å². The van der Waals surface area contributed by atoms with Crippen LogP contribution in [0.3, 0.4) is 0 Å². The van der Waals surface area contributed by atoms with Crippen LogP contribution in [0.4, 0.5) is 5.69 Å². The van der Waals surface area contributed by atoms with Crippen LogP contribution in [-0.4, -0.2) is 51.0 Å². The summed E-state index contributed by atoms with van der Waals surface area (Å²) in [5.74, 6) is -0.386. The van der Waals surface area contributed by atoms with Crippen molar-refractivity contribution in [3.63, 3.8) is 0 Å². The number of sulfonamides is 1. The van der Waals surface area contributed by atoms with Gasteiger partial charge in [-0.2, -0.15) is 0 Å². The summed E-state index contributed by atoms with van der Waals surface area (Å²) in [5, 5.41) is 2.65. The van der Waals surface area contributed by atoms with Gasteiger partial charge in [-0.25, -0.2) is 8.42 Å². The number of carbonyl (C=O) groups is 2. The van der Waals surface area contributed by atoms with E-state index in [-0.39, 0.29) is 24.8 Å². The van der Waals surface area contributed by atoms with Crippen LogP contribution < -0.4 is 9.62 Å². The third kappa shape index (κ3) is 7.32. The molecule has 0 saturated heterocycles. The Morgan fingerprint density at radius 1 is 1.03 bits per heavy atom. The number of likely N-dealkylation sites (N-methyl/N-ethyl adjacent to an activating group) is 1. The molecular weight excluding hydrogens is 438 g/mol. The second kappa shape index (κ2) is 11.8. The molecule has 0 bridgehead atoms. The molecule has 0 aliphatic heterocycles. The second-order valence-corrected chi connectivity index (χ2v) is 10.2. The van der Waals surface area contributed by atoms with Crippen molar-refractivity contribution in [1.29, 1.82) is 0 Å². The van der Waals surface area contributed by atoms with Crippen molar-refractivity contribution < 1.29 is 18.0 Å². The molecule has 8 heteroatoms. The summed E-state index contributed by atoms with van der Waals surface area (Å²) in [7, 11) is -1.93. The van der Waals surface area contributed by atoms with E-state index in [2.05, 4.69) is 5.32 Å². The van der Waals surface area contributed by atoms with Gasteiger partial charge in [0.2, 0.25) is 21.8 Å². The highest BCUT2D eigenvalue weighted by Gasteiger charge is 2.28. The van der Waals surface area contributed by atoms with Crippen LogP contribution in [0.15, 0.2) is 48.5 Å². The van der Waals surface area contributed by atoms with E-state index < -0.39 is 16.1 Å². The highest BCUT2D eigenvalue weighted by atomic mass is 32.2. The van der Waals surface area contributed by atoms with E-state index in [9.17, 15) is 18.0 Å². The predicted octanol–water partition coefficient (Wildman–Crippen LogP) is 3.40. The molecule has 0 fully saturated rings. The molecule has 0 unspecified atom stereocenters. The highest BCUT2D eigenvalue weighted by Crippen LogP contribution is 2.20. The maximum atomic E-state index is 13.3. The van der Waals surface area contributed by atoms with Gasteiger partial charge in [-0.1, -0.05) is 48.9 Å². The summed E-state index contributed by atoms with van der Waals surface area (Å²) in [6.07, 6.45) is 2.12. The smallest absolute Gasteiger partial charge is 0.242 e. The van der Waals surface area contributed by atoms with E-state index in [0.29, 0.717) is 25.1 Å². The molecule has 0 radical (unpaired) electrons. The van der Waals surface area contributed by atoms with Gasteiger partial charge < -0.3 is 10.2 Å². The number of anilines is 1. The maximum absolute atomic E-state index is 13.3. The molecule has 2 aromatic carbocycles. The molecule has 0 aliphatic carbocycles. The molecule has 0 heterocycles. The van der Waals surface area contributed by atoms with Crippen LogP contribution in [-0.2, 0) is 26.2 Å². The third-order valence-electron chi connectivity index (χ3n) is 5.71. The topological polar surface area (TPSA) is 86.8 Å².